The van der Waals surface area contributed by atoms with Gasteiger partial charge in [0.25, 0.3) is 0 Å². The van der Waals surface area contributed by atoms with Crippen LogP contribution in [0.3, 0.4) is 0 Å². The highest BCUT2D eigenvalue weighted by molar-refractivity contribution is 5.32. The van der Waals surface area contributed by atoms with Crippen molar-refractivity contribution in [3.05, 3.63) is 54.5 Å². The zero-order valence-corrected chi connectivity index (χ0v) is 8.19. The number of hydrogen-bond acceptors (Lipinski definition) is 0. The molecular weight excluding hydrogens is 168 g/mol. The van der Waals surface area contributed by atoms with Gasteiger partial charge in [0.1, 0.15) is 0 Å². The van der Waals surface area contributed by atoms with Crippen LogP contribution in [0, 0.1) is 24.2 Å². The molecule has 0 saturated heterocycles. The molecule has 0 N–H and O–H groups in total. The number of hydrogen-bond donors (Lipinski definition) is 0. The van der Waals surface area contributed by atoms with Gasteiger partial charge < -0.3 is 0 Å². The number of fused-ring (bicyclic) bond motifs is 1. The maximum absolute atomic E-state index is 3.69. The first-order chi connectivity index (χ1) is 6.93. The Kier molecular flexibility index (Phi) is 1.93. The Bertz CT molecular complexity index is 321. The smallest absolute Gasteiger partial charge is 0.00150 e. The zero-order valence-electron chi connectivity index (χ0n) is 8.19. The molecule has 14 heavy (non-hydrogen) atoms. The lowest BCUT2D eigenvalue weighted by molar-refractivity contribution is 0.568. The van der Waals surface area contributed by atoms with Gasteiger partial charge in [-0.25, -0.2) is 0 Å². The molecule has 0 amide bonds. The summed E-state index contributed by atoms with van der Waals surface area (Å²) >= 11 is 0. The van der Waals surface area contributed by atoms with Crippen molar-refractivity contribution in [3.63, 3.8) is 0 Å². The van der Waals surface area contributed by atoms with Crippen LogP contribution in [0.25, 0.3) is 0 Å². The van der Waals surface area contributed by atoms with Crippen LogP contribution in [-0.4, -0.2) is 0 Å². The molecule has 3 unspecified atom stereocenters. The lowest BCUT2D eigenvalue weighted by Gasteiger charge is -2.12. The Labute approximate surface area is 85.7 Å². The van der Waals surface area contributed by atoms with E-state index in [0.29, 0.717) is 17.8 Å². The van der Waals surface area contributed by atoms with Crippen molar-refractivity contribution in [1.82, 2.24) is 0 Å². The first kappa shape index (κ1) is 8.28. The van der Waals surface area contributed by atoms with Gasteiger partial charge in [-0.2, -0.15) is 0 Å². The Morgan fingerprint density at radius 1 is 1.14 bits per heavy atom. The second kappa shape index (κ2) is 3.27. The van der Waals surface area contributed by atoms with Gasteiger partial charge >= 0.3 is 0 Å². The highest BCUT2D eigenvalue weighted by Crippen LogP contribution is 2.43. The van der Waals surface area contributed by atoms with Crippen LogP contribution in [0.4, 0.5) is 0 Å². The van der Waals surface area contributed by atoms with Gasteiger partial charge in [-0.05, 0) is 37.0 Å². The summed E-state index contributed by atoms with van der Waals surface area (Å²) in [6, 6.07) is 0. The van der Waals surface area contributed by atoms with Crippen LogP contribution < -0.4 is 0 Å². The molecule has 0 spiro atoms. The predicted octanol–water partition coefficient (Wildman–Crippen LogP) is 3.33. The normalized spacial score (nSPS) is 38.9. The lowest BCUT2D eigenvalue weighted by atomic mass is 9.92. The van der Waals surface area contributed by atoms with Gasteiger partial charge in [-0.3, -0.25) is 0 Å². The summed E-state index contributed by atoms with van der Waals surface area (Å²) in [6.45, 7) is 0. The number of allylic oxidation sites excluding steroid dienone is 8. The van der Waals surface area contributed by atoms with Crippen molar-refractivity contribution in [2.75, 3.05) is 0 Å². The summed E-state index contributed by atoms with van der Waals surface area (Å²) in [6.07, 6.45) is 21.7. The fourth-order valence-corrected chi connectivity index (χ4v) is 2.61. The summed E-state index contributed by atoms with van der Waals surface area (Å²) in [7, 11) is 0. The summed E-state index contributed by atoms with van der Waals surface area (Å²) in [5.41, 5.74) is 1.56. The first-order valence-corrected chi connectivity index (χ1v) is 5.40. The standard InChI is InChI=1S/C14H14/c1-2-6-11(5-1)14-9-12-7-3-4-8-13(12)10-14/h1-5,7-8,12-14H,6,9H2. The van der Waals surface area contributed by atoms with Gasteiger partial charge in [0, 0.05) is 0 Å². The van der Waals surface area contributed by atoms with Crippen molar-refractivity contribution in [3.8, 4) is 0 Å². The molecule has 3 aliphatic carbocycles. The van der Waals surface area contributed by atoms with Gasteiger partial charge in [-0.1, -0.05) is 48.1 Å². The number of rotatable bonds is 1. The van der Waals surface area contributed by atoms with Gasteiger partial charge in [0.15, 0.2) is 0 Å². The Balaban J connectivity index is 1.75. The molecule has 2 radical (unpaired) electrons. The largest absolute Gasteiger partial charge is 0.0808 e. The van der Waals surface area contributed by atoms with Crippen molar-refractivity contribution >= 4 is 0 Å². The predicted molar refractivity (Wildman–Crippen MR) is 58.5 cm³/mol. The highest BCUT2D eigenvalue weighted by Gasteiger charge is 2.34. The molecule has 0 bridgehead atoms. The Morgan fingerprint density at radius 2 is 2.07 bits per heavy atom. The van der Waals surface area contributed by atoms with Gasteiger partial charge in [-0.15, -0.1) is 0 Å². The zero-order chi connectivity index (χ0) is 9.38. The minimum atomic E-state index is 0.575. The maximum atomic E-state index is 3.69. The third-order valence-electron chi connectivity index (χ3n) is 3.40. The summed E-state index contributed by atoms with van der Waals surface area (Å²) < 4.78 is 0. The van der Waals surface area contributed by atoms with E-state index in [4.69, 9.17) is 0 Å². The van der Waals surface area contributed by atoms with E-state index < -0.39 is 0 Å². The van der Waals surface area contributed by atoms with E-state index in [1.54, 1.807) is 5.57 Å². The Hall–Kier alpha value is -1.04. The average molecular weight is 182 g/mol. The quantitative estimate of drug-likeness (QED) is 0.583. The van der Waals surface area contributed by atoms with E-state index in [2.05, 4.69) is 49.0 Å². The Morgan fingerprint density at radius 3 is 2.86 bits per heavy atom. The molecule has 1 saturated carbocycles. The fourth-order valence-electron chi connectivity index (χ4n) is 2.61. The van der Waals surface area contributed by atoms with Crippen LogP contribution in [0.1, 0.15) is 12.8 Å². The van der Waals surface area contributed by atoms with E-state index in [9.17, 15) is 0 Å². The molecule has 0 aromatic rings. The fraction of sp³-hybridized carbons (Fsp3) is 0.357. The van der Waals surface area contributed by atoms with E-state index in [1.807, 2.05) is 0 Å². The molecular formula is C14H14. The minimum absolute atomic E-state index is 0.575. The second-order valence-electron chi connectivity index (χ2n) is 4.29. The third-order valence-corrected chi connectivity index (χ3v) is 3.40. The molecule has 0 aliphatic heterocycles. The molecule has 3 rings (SSSR count). The summed E-state index contributed by atoms with van der Waals surface area (Å²) in [4.78, 5) is 0. The third kappa shape index (κ3) is 1.30. The lowest BCUT2D eigenvalue weighted by Crippen LogP contribution is -2.03. The van der Waals surface area contributed by atoms with Crippen LogP contribution in [0.15, 0.2) is 48.1 Å². The van der Waals surface area contributed by atoms with Crippen molar-refractivity contribution < 1.29 is 0 Å². The highest BCUT2D eigenvalue weighted by atomic mass is 14.4. The monoisotopic (exact) mass is 182 g/mol. The molecule has 3 atom stereocenters. The van der Waals surface area contributed by atoms with Crippen molar-refractivity contribution in [2.45, 2.75) is 12.8 Å². The van der Waals surface area contributed by atoms with Crippen LogP contribution in [0.2, 0.25) is 0 Å². The van der Waals surface area contributed by atoms with Crippen molar-refractivity contribution in [2.24, 2.45) is 17.8 Å². The minimum Gasteiger partial charge on any atom is -0.0808 e. The molecule has 0 aromatic heterocycles. The van der Waals surface area contributed by atoms with Crippen LogP contribution >= 0.6 is 0 Å². The van der Waals surface area contributed by atoms with Crippen LogP contribution in [0.5, 0.6) is 0 Å². The summed E-state index contributed by atoms with van der Waals surface area (Å²) in [5.74, 6) is 1.89. The van der Waals surface area contributed by atoms with E-state index in [-0.39, 0.29) is 0 Å². The molecule has 3 aliphatic rings. The molecule has 0 heterocycles. The van der Waals surface area contributed by atoms with E-state index >= 15 is 0 Å². The summed E-state index contributed by atoms with van der Waals surface area (Å²) in [5, 5.41) is 0. The van der Waals surface area contributed by atoms with Crippen molar-refractivity contribution in [1.29, 1.82) is 0 Å². The molecule has 0 aromatic carbocycles. The molecule has 1 fully saturated rings. The average Bonchev–Trinajstić information content (AvgIpc) is 2.86. The SMILES string of the molecule is [C]1C(C2=CC=CC2)CC2C=CC=CC12. The first-order valence-electron chi connectivity index (χ1n) is 5.40. The van der Waals surface area contributed by atoms with E-state index in [1.165, 1.54) is 6.42 Å². The molecule has 70 valence electrons. The van der Waals surface area contributed by atoms with E-state index in [0.717, 1.165) is 6.42 Å². The maximum Gasteiger partial charge on any atom is -0.00150 e. The molecule has 0 heteroatoms. The van der Waals surface area contributed by atoms with Gasteiger partial charge in [0.05, 0.1) is 0 Å². The molecule has 0 nitrogen and oxygen atoms in total. The second-order valence-corrected chi connectivity index (χ2v) is 4.29. The topological polar surface area (TPSA) is 0 Å². The van der Waals surface area contributed by atoms with Gasteiger partial charge in [0.2, 0.25) is 0 Å². The van der Waals surface area contributed by atoms with Crippen LogP contribution in [-0.2, 0) is 0 Å².